The van der Waals surface area contributed by atoms with Crippen molar-refractivity contribution in [2.24, 2.45) is 0 Å². The van der Waals surface area contributed by atoms with Crippen molar-refractivity contribution >= 4 is 5.91 Å². The zero-order chi connectivity index (χ0) is 20.5. The van der Waals surface area contributed by atoms with Crippen molar-refractivity contribution in [3.63, 3.8) is 0 Å². The SMILES string of the molecule is COCCOc1ncccc1C(=O)NCc1ccc(CN2CCCCC2C)cc1. The first-order chi connectivity index (χ1) is 14.2. The van der Waals surface area contributed by atoms with Crippen molar-refractivity contribution in [1.82, 2.24) is 15.2 Å². The highest BCUT2D eigenvalue weighted by molar-refractivity contribution is 5.96. The predicted octanol–water partition coefficient (Wildman–Crippen LogP) is 3.41. The number of benzene rings is 1. The summed E-state index contributed by atoms with van der Waals surface area (Å²) in [6.45, 7) is 5.75. The van der Waals surface area contributed by atoms with Crippen LogP contribution in [0.25, 0.3) is 0 Å². The van der Waals surface area contributed by atoms with Crippen molar-refractivity contribution in [3.8, 4) is 5.88 Å². The van der Waals surface area contributed by atoms with Gasteiger partial charge in [0.1, 0.15) is 12.2 Å². The van der Waals surface area contributed by atoms with Crippen molar-refractivity contribution in [2.45, 2.75) is 45.3 Å². The number of likely N-dealkylation sites (tertiary alicyclic amines) is 1. The number of carbonyl (C=O) groups is 1. The molecular weight excluding hydrogens is 366 g/mol. The largest absolute Gasteiger partial charge is 0.475 e. The maximum Gasteiger partial charge on any atom is 0.257 e. The van der Waals surface area contributed by atoms with Crippen LogP contribution in [-0.2, 0) is 17.8 Å². The third-order valence-corrected chi connectivity index (χ3v) is 5.34. The van der Waals surface area contributed by atoms with Crippen LogP contribution in [0.5, 0.6) is 5.88 Å². The number of piperidine rings is 1. The first-order valence-corrected chi connectivity index (χ1v) is 10.3. The van der Waals surface area contributed by atoms with Gasteiger partial charge in [-0.05, 0) is 49.6 Å². The normalized spacial score (nSPS) is 17.1. The molecule has 1 amide bonds. The van der Waals surface area contributed by atoms with E-state index in [1.807, 2.05) is 0 Å². The Morgan fingerprint density at radius 1 is 1.17 bits per heavy atom. The Morgan fingerprint density at radius 2 is 1.97 bits per heavy atom. The summed E-state index contributed by atoms with van der Waals surface area (Å²) in [5.74, 6) is 0.129. The Hall–Kier alpha value is -2.44. The van der Waals surface area contributed by atoms with Crippen molar-refractivity contribution < 1.29 is 14.3 Å². The summed E-state index contributed by atoms with van der Waals surface area (Å²) in [5, 5.41) is 2.95. The molecule has 2 heterocycles. The molecular formula is C23H31N3O3. The molecule has 1 aromatic carbocycles. The van der Waals surface area contributed by atoms with Gasteiger partial charge in [0.25, 0.3) is 5.91 Å². The number of aromatic nitrogens is 1. The molecule has 1 aliphatic heterocycles. The molecule has 6 heteroatoms. The highest BCUT2D eigenvalue weighted by Crippen LogP contribution is 2.19. The molecule has 0 saturated carbocycles. The molecule has 1 fully saturated rings. The van der Waals surface area contributed by atoms with Crippen molar-refractivity contribution in [2.75, 3.05) is 26.9 Å². The Labute approximate surface area is 173 Å². The lowest BCUT2D eigenvalue weighted by Crippen LogP contribution is -2.36. The average Bonchev–Trinajstić information content (AvgIpc) is 2.75. The average molecular weight is 398 g/mol. The topological polar surface area (TPSA) is 63.7 Å². The first kappa shape index (κ1) is 21.3. The van der Waals surface area contributed by atoms with E-state index in [1.54, 1.807) is 25.4 Å². The van der Waals surface area contributed by atoms with Gasteiger partial charge in [-0.3, -0.25) is 9.69 Å². The van der Waals surface area contributed by atoms with E-state index in [0.29, 0.717) is 37.2 Å². The molecule has 0 bridgehead atoms. The third-order valence-electron chi connectivity index (χ3n) is 5.34. The van der Waals surface area contributed by atoms with Gasteiger partial charge in [0.05, 0.1) is 6.61 Å². The first-order valence-electron chi connectivity index (χ1n) is 10.3. The summed E-state index contributed by atoms with van der Waals surface area (Å²) in [6, 6.07) is 12.6. The van der Waals surface area contributed by atoms with Gasteiger partial charge in [-0.25, -0.2) is 4.98 Å². The van der Waals surface area contributed by atoms with Gasteiger partial charge >= 0.3 is 0 Å². The molecule has 3 rings (SSSR count). The molecule has 29 heavy (non-hydrogen) atoms. The lowest BCUT2D eigenvalue weighted by atomic mass is 10.0. The summed E-state index contributed by atoms with van der Waals surface area (Å²) in [4.78, 5) is 19.3. The Bertz CT molecular complexity index is 779. The number of carbonyl (C=O) groups excluding carboxylic acids is 1. The molecule has 156 valence electrons. The number of pyridine rings is 1. The van der Waals surface area contributed by atoms with Gasteiger partial charge in [0, 0.05) is 32.4 Å². The second-order valence-electron chi connectivity index (χ2n) is 7.51. The van der Waals surface area contributed by atoms with Crippen LogP contribution in [-0.4, -0.2) is 48.7 Å². The molecule has 1 N–H and O–H groups in total. The Balaban J connectivity index is 1.53. The highest BCUT2D eigenvalue weighted by atomic mass is 16.5. The van der Waals surface area contributed by atoms with Crippen LogP contribution < -0.4 is 10.1 Å². The second-order valence-corrected chi connectivity index (χ2v) is 7.51. The molecule has 1 aliphatic rings. The lowest BCUT2D eigenvalue weighted by molar-refractivity contribution is 0.0941. The number of rotatable bonds is 9. The molecule has 1 saturated heterocycles. The standard InChI is InChI=1S/C23H31N3O3/c1-18-6-3-4-13-26(18)17-20-10-8-19(9-11-20)16-25-22(27)21-7-5-12-24-23(21)29-15-14-28-2/h5,7-12,18H,3-4,6,13-17H2,1-2H3,(H,25,27). The van der Waals surface area contributed by atoms with Gasteiger partial charge < -0.3 is 14.8 Å². The Kier molecular flexibility index (Phi) is 8.02. The van der Waals surface area contributed by atoms with Gasteiger partial charge in [0.2, 0.25) is 5.88 Å². The molecule has 1 unspecified atom stereocenters. The van der Waals surface area contributed by atoms with Crippen LogP contribution in [0.2, 0.25) is 0 Å². The molecule has 0 aliphatic carbocycles. The molecule has 0 spiro atoms. The number of amides is 1. The number of ether oxygens (including phenoxy) is 2. The lowest BCUT2D eigenvalue weighted by Gasteiger charge is -2.33. The molecule has 1 atom stereocenters. The number of hydrogen-bond acceptors (Lipinski definition) is 5. The van der Waals surface area contributed by atoms with E-state index in [1.165, 1.54) is 31.4 Å². The van der Waals surface area contributed by atoms with E-state index in [0.717, 1.165) is 12.1 Å². The minimum Gasteiger partial charge on any atom is -0.475 e. The molecule has 2 aromatic rings. The molecule has 6 nitrogen and oxygen atoms in total. The monoisotopic (exact) mass is 397 g/mol. The summed E-state index contributed by atoms with van der Waals surface area (Å²) >= 11 is 0. The zero-order valence-electron chi connectivity index (χ0n) is 17.4. The highest BCUT2D eigenvalue weighted by Gasteiger charge is 2.18. The summed E-state index contributed by atoms with van der Waals surface area (Å²) in [7, 11) is 1.60. The third kappa shape index (κ3) is 6.27. The summed E-state index contributed by atoms with van der Waals surface area (Å²) in [6.07, 6.45) is 5.53. The van der Waals surface area contributed by atoms with Gasteiger partial charge in [-0.1, -0.05) is 30.7 Å². The van der Waals surface area contributed by atoms with Gasteiger partial charge in [0.15, 0.2) is 0 Å². The van der Waals surface area contributed by atoms with E-state index in [4.69, 9.17) is 9.47 Å². The number of nitrogens with one attached hydrogen (secondary N) is 1. The van der Waals surface area contributed by atoms with E-state index >= 15 is 0 Å². The number of hydrogen-bond donors (Lipinski definition) is 1. The van der Waals surface area contributed by atoms with Gasteiger partial charge in [-0.15, -0.1) is 0 Å². The van der Waals surface area contributed by atoms with Crippen molar-refractivity contribution in [1.29, 1.82) is 0 Å². The van der Waals surface area contributed by atoms with E-state index < -0.39 is 0 Å². The number of nitrogens with zero attached hydrogens (tertiary/aromatic N) is 2. The quantitative estimate of drug-likeness (QED) is 0.657. The summed E-state index contributed by atoms with van der Waals surface area (Å²) < 4.78 is 10.5. The minimum atomic E-state index is -0.197. The fourth-order valence-corrected chi connectivity index (χ4v) is 3.57. The van der Waals surface area contributed by atoms with Crippen LogP contribution in [0.4, 0.5) is 0 Å². The van der Waals surface area contributed by atoms with Gasteiger partial charge in [-0.2, -0.15) is 0 Å². The van der Waals surface area contributed by atoms with Crippen LogP contribution in [0, 0.1) is 0 Å². The van der Waals surface area contributed by atoms with E-state index in [9.17, 15) is 4.79 Å². The zero-order valence-corrected chi connectivity index (χ0v) is 17.4. The maximum atomic E-state index is 12.6. The fraction of sp³-hybridized carbons (Fsp3) is 0.478. The minimum absolute atomic E-state index is 0.197. The predicted molar refractivity (Wildman–Crippen MR) is 113 cm³/mol. The fourth-order valence-electron chi connectivity index (χ4n) is 3.57. The van der Waals surface area contributed by atoms with Crippen LogP contribution in [0.15, 0.2) is 42.6 Å². The van der Waals surface area contributed by atoms with Crippen LogP contribution in [0.1, 0.15) is 47.7 Å². The smallest absolute Gasteiger partial charge is 0.257 e. The van der Waals surface area contributed by atoms with E-state index in [2.05, 4.69) is 46.4 Å². The van der Waals surface area contributed by atoms with Crippen LogP contribution >= 0.6 is 0 Å². The summed E-state index contributed by atoms with van der Waals surface area (Å²) in [5.41, 5.74) is 2.81. The Morgan fingerprint density at radius 3 is 2.72 bits per heavy atom. The number of methoxy groups -OCH3 is 1. The second kappa shape index (κ2) is 10.9. The maximum absolute atomic E-state index is 12.6. The molecule has 1 aromatic heterocycles. The van der Waals surface area contributed by atoms with E-state index in [-0.39, 0.29) is 5.91 Å². The van der Waals surface area contributed by atoms with Crippen molar-refractivity contribution in [3.05, 3.63) is 59.3 Å². The van der Waals surface area contributed by atoms with Crippen LogP contribution in [0.3, 0.4) is 0 Å². The molecule has 0 radical (unpaired) electrons.